The lowest BCUT2D eigenvalue weighted by Gasteiger charge is -2.29. The number of hydrogen-bond donors (Lipinski definition) is 0. The maximum atomic E-state index is 12.7. The van der Waals surface area contributed by atoms with Crippen molar-refractivity contribution >= 4 is 11.6 Å². The van der Waals surface area contributed by atoms with Crippen LogP contribution in [0.1, 0.15) is 29.8 Å². The van der Waals surface area contributed by atoms with Gasteiger partial charge >= 0.3 is 0 Å². The second-order valence-electron chi connectivity index (χ2n) is 7.69. The van der Waals surface area contributed by atoms with Crippen LogP contribution in [0, 0.1) is 0 Å². The lowest BCUT2D eigenvalue weighted by atomic mass is 10.0. The summed E-state index contributed by atoms with van der Waals surface area (Å²) in [5.74, 6) is 1.06. The van der Waals surface area contributed by atoms with Gasteiger partial charge in [0.2, 0.25) is 5.91 Å². The highest BCUT2D eigenvalue weighted by Gasteiger charge is 2.36. The van der Waals surface area contributed by atoms with Crippen LogP contribution in [0.4, 0.5) is 5.69 Å². The van der Waals surface area contributed by atoms with Crippen molar-refractivity contribution in [1.29, 1.82) is 0 Å². The van der Waals surface area contributed by atoms with Crippen LogP contribution in [0.15, 0.2) is 42.5 Å². The van der Waals surface area contributed by atoms with Gasteiger partial charge in [0.15, 0.2) is 0 Å². The number of hydrogen-bond acceptors (Lipinski definition) is 4. The largest absolute Gasteiger partial charge is 0.497 e. The zero-order valence-electron chi connectivity index (χ0n) is 17.0. The number of fused-ring (bicyclic) bond motifs is 1. The minimum atomic E-state index is 0.0201. The van der Waals surface area contributed by atoms with Crippen LogP contribution in [-0.2, 0) is 17.6 Å². The predicted octanol–water partition coefficient (Wildman–Crippen LogP) is 3.09. The third-order valence-corrected chi connectivity index (χ3v) is 5.99. The molecule has 5 heteroatoms. The molecule has 0 aromatic heterocycles. The van der Waals surface area contributed by atoms with E-state index in [2.05, 4.69) is 47.1 Å². The van der Waals surface area contributed by atoms with Gasteiger partial charge in [-0.05, 0) is 61.7 Å². The zero-order valence-corrected chi connectivity index (χ0v) is 17.0. The number of carbonyl (C=O) groups is 1. The molecule has 5 nitrogen and oxygen atoms in total. The predicted molar refractivity (Wildman–Crippen MR) is 112 cm³/mol. The Labute approximate surface area is 167 Å². The molecule has 0 saturated carbocycles. The maximum Gasteiger partial charge on any atom is 0.238 e. The van der Waals surface area contributed by atoms with E-state index >= 15 is 0 Å². The number of amides is 1. The van der Waals surface area contributed by atoms with Crippen molar-refractivity contribution in [2.24, 2.45) is 0 Å². The van der Waals surface area contributed by atoms with Crippen molar-refractivity contribution in [1.82, 2.24) is 9.80 Å². The highest BCUT2D eigenvalue weighted by molar-refractivity contribution is 5.81. The normalized spacial score (nSPS) is 19.4. The highest BCUT2D eigenvalue weighted by Crippen LogP contribution is 2.35. The van der Waals surface area contributed by atoms with Crippen molar-refractivity contribution in [2.45, 2.75) is 25.9 Å². The molecule has 0 radical (unpaired) electrons. The fraction of sp³-hybridized carbons (Fsp3) is 0.435. The SMILES string of the molecule is CCN1CCc2cc(C3N(C)CC(=O)N3CCc3ccc(OC)cc3)ccc21. The minimum absolute atomic E-state index is 0.0201. The van der Waals surface area contributed by atoms with Crippen LogP contribution in [0.3, 0.4) is 0 Å². The molecule has 0 spiro atoms. The second kappa shape index (κ2) is 7.84. The molecular weight excluding hydrogens is 350 g/mol. The van der Waals surface area contributed by atoms with Gasteiger partial charge in [-0.1, -0.05) is 24.3 Å². The number of anilines is 1. The Morgan fingerprint density at radius 3 is 2.64 bits per heavy atom. The summed E-state index contributed by atoms with van der Waals surface area (Å²) >= 11 is 0. The lowest BCUT2D eigenvalue weighted by Crippen LogP contribution is -2.32. The Morgan fingerprint density at radius 2 is 1.93 bits per heavy atom. The molecule has 2 heterocycles. The van der Waals surface area contributed by atoms with Gasteiger partial charge in [0, 0.05) is 25.3 Å². The van der Waals surface area contributed by atoms with Gasteiger partial charge in [0.25, 0.3) is 0 Å². The first-order valence-corrected chi connectivity index (χ1v) is 10.1. The number of nitrogens with zero attached hydrogens (tertiary/aromatic N) is 3. The molecule has 2 aliphatic rings. The monoisotopic (exact) mass is 379 g/mol. The van der Waals surface area contributed by atoms with Crippen LogP contribution < -0.4 is 9.64 Å². The zero-order chi connectivity index (χ0) is 19.7. The number of carbonyl (C=O) groups excluding carboxylic acids is 1. The molecule has 0 aliphatic carbocycles. The second-order valence-corrected chi connectivity index (χ2v) is 7.69. The summed E-state index contributed by atoms with van der Waals surface area (Å²) in [4.78, 5) is 19.3. The van der Waals surface area contributed by atoms with E-state index in [0.29, 0.717) is 6.54 Å². The summed E-state index contributed by atoms with van der Waals surface area (Å²) in [6, 6.07) is 14.9. The standard InChI is InChI=1S/C23H29N3O2/c1-4-25-13-12-18-15-19(7-10-21(18)25)23-24(2)16-22(27)26(23)14-11-17-5-8-20(28-3)9-6-17/h5-10,15,23H,4,11-14,16H2,1-3H3. The Bertz CT molecular complexity index is 849. The van der Waals surface area contributed by atoms with Crippen molar-refractivity contribution < 1.29 is 9.53 Å². The van der Waals surface area contributed by atoms with E-state index in [0.717, 1.165) is 38.2 Å². The molecule has 4 rings (SSSR count). The number of rotatable bonds is 6. The van der Waals surface area contributed by atoms with Gasteiger partial charge in [-0.3, -0.25) is 9.69 Å². The van der Waals surface area contributed by atoms with Crippen LogP contribution in [-0.4, -0.2) is 56.0 Å². The number of ether oxygens (including phenoxy) is 1. The summed E-state index contributed by atoms with van der Waals surface area (Å²) in [5, 5.41) is 0. The summed E-state index contributed by atoms with van der Waals surface area (Å²) < 4.78 is 5.23. The van der Waals surface area contributed by atoms with Gasteiger partial charge in [-0.2, -0.15) is 0 Å². The first-order chi connectivity index (χ1) is 13.6. The van der Waals surface area contributed by atoms with E-state index in [9.17, 15) is 4.79 Å². The fourth-order valence-electron chi connectivity index (χ4n) is 4.47. The van der Waals surface area contributed by atoms with Crippen molar-refractivity contribution in [3.8, 4) is 5.75 Å². The Kier molecular flexibility index (Phi) is 5.27. The van der Waals surface area contributed by atoms with Crippen LogP contribution >= 0.6 is 0 Å². The topological polar surface area (TPSA) is 36.0 Å². The molecule has 2 aliphatic heterocycles. The minimum Gasteiger partial charge on any atom is -0.497 e. The molecular formula is C23H29N3O2. The van der Waals surface area contributed by atoms with E-state index in [1.807, 2.05) is 24.1 Å². The van der Waals surface area contributed by atoms with Crippen molar-refractivity contribution in [3.63, 3.8) is 0 Å². The third-order valence-electron chi connectivity index (χ3n) is 5.99. The fourth-order valence-corrected chi connectivity index (χ4v) is 4.47. The van der Waals surface area contributed by atoms with Gasteiger partial charge in [-0.25, -0.2) is 0 Å². The van der Waals surface area contributed by atoms with Gasteiger partial charge in [-0.15, -0.1) is 0 Å². The number of likely N-dealkylation sites (N-methyl/N-ethyl adjacent to an activating group) is 2. The first-order valence-electron chi connectivity index (χ1n) is 10.1. The van der Waals surface area contributed by atoms with Crippen LogP contribution in [0.5, 0.6) is 5.75 Å². The molecule has 1 unspecified atom stereocenters. The molecule has 2 aromatic carbocycles. The molecule has 148 valence electrons. The van der Waals surface area contributed by atoms with Gasteiger partial charge < -0.3 is 14.5 Å². The molecule has 2 aromatic rings. The number of methoxy groups -OCH3 is 1. The Balaban J connectivity index is 1.52. The molecule has 28 heavy (non-hydrogen) atoms. The molecule has 0 N–H and O–H groups in total. The Morgan fingerprint density at radius 1 is 1.14 bits per heavy atom. The van der Waals surface area contributed by atoms with Gasteiger partial charge in [0.1, 0.15) is 11.9 Å². The van der Waals surface area contributed by atoms with Crippen molar-refractivity contribution in [2.75, 3.05) is 45.2 Å². The average Bonchev–Trinajstić information content (AvgIpc) is 3.25. The van der Waals surface area contributed by atoms with E-state index in [1.165, 1.54) is 22.4 Å². The lowest BCUT2D eigenvalue weighted by molar-refractivity contribution is -0.128. The smallest absolute Gasteiger partial charge is 0.238 e. The Hall–Kier alpha value is -2.53. The summed E-state index contributed by atoms with van der Waals surface area (Å²) in [6.07, 6.45) is 1.95. The molecule has 1 fully saturated rings. The summed E-state index contributed by atoms with van der Waals surface area (Å²) in [5.41, 5.74) is 5.19. The van der Waals surface area contributed by atoms with E-state index in [-0.39, 0.29) is 12.1 Å². The number of benzene rings is 2. The molecule has 1 atom stereocenters. The summed E-state index contributed by atoms with van der Waals surface area (Å²) in [7, 11) is 3.72. The molecule has 1 saturated heterocycles. The maximum absolute atomic E-state index is 12.7. The first kappa shape index (κ1) is 18.8. The summed E-state index contributed by atoms with van der Waals surface area (Å²) in [6.45, 7) is 5.54. The van der Waals surface area contributed by atoms with Crippen LogP contribution in [0.2, 0.25) is 0 Å². The average molecular weight is 380 g/mol. The van der Waals surface area contributed by atoms with E-state index < -0.39 is 0 Å². The van der Waals surface area contributed by atoms with Crippen LogP contribution in [0.25, 0.3) is 0 Å². The third kappa shape index (κ3) is 3.47. The highest BCUT2D eigenvalue weighted by atomic mass is 16.5. The molecule has 1 amide bonds. The quantitative estimate of drug-likeness (QED) is 0.773. The van der Waals surface area contributed by atoms with E-state index in [1.54, 1.807) is 7.11 Å². The van der Waals surface area contributed by atoms with E-state index in [4.69, 9.17) is 4.74 Å². The van der Waals surface area contributed by atoms with Crippen molar-refractivity contribution in [3.05, 3.63) is 59.2 Å². The van der Waals surface area contributed by atoms with Gasteiger partial charge in [0.05, 0.1) is 13.7 Å². The molecule has 0 bridgehead atoms.